The summed E-state index contributed by atoms with van der Waals surface area (Å²) in [7, 11) is 3.55. The van der Waals surface area contributed by atoms with Crippen molar-refractivity contribution in [1.29, 1.82) is 0 Å². The highest BCUT2D eigenvalue weighted by Gasteiger charge is 2.16. The van der Waals surface area contributed by atoms with Crippen LogP contribution < -0.4 is 15.0 Å². The largest absolute Gasteiger partial charge is 0.490 e. The van der Waals surface area contributed by atoms with Gasteiger partial charge in [-0.05, 0) is 19.1 Å². The first-order valence-electron chi connectivity index (χ1n) is 6.12. The fourth-order valence-electron chi connectivity index (χ4n) is 1.83. The van der Waals surface area contributed by atoms with Crippen LogP contribution in [0.25, 0.3) is 0 Å². The van der Waals surface area contributed by atoms with Gasteiger partial charge in [0, 0.05) is 13.6 Å². The number of furan rings is 1. The normalized spacial score (nSPS) is 10.3. The number of nitrogens with zero attached hydrogens (tertiary/aromatic N) is 3. The minimum atomic E-state index is 0.617. The molecule has 0 saturated carbocycles. The Labute approximate surface area is 112 Å². The Morgan fingerprint density at radius 1 is 1.42 bits per heavy atom. The third-order valence-corrected chi connectivity index (χ3v) is 2.67. The molecule has 0 aliphatic carbocycles. The van der Waals surface area contributed by atoms with Crippen molar-refractivity contribution in [3.63, 3.8) is 0 Å². The molecule has 0 saturated heterocycles. The Bertz CT molecular complexity index is 513. The third kappa shape index (κ3) is 2.96. The Balaban J connectivity index is 2.25. The van der Waals surface area contributed by atoms with Crippen molar-refractivity contribution in [2.24, 2.45) is 0 Å². The van der Waals surface area contributed by atoms with Gasteiger partial charge in [0.05, 0.1) is 19.9 Å². The lowest BCUT2D eigenvalue weighted by molar-refractivity contribution is 0.412. The van der Waals surface area contributed by atoms with E-state index in [1.807, 2.05) is 31.0 Å². The van der Waals surface area contributed by atoms with E-state index in [2.05, 4.69) is 15.3 Å². The zero-order chi connectivity index (χ0) is 13.7. The van der Waals surface area contributed by atoms with Crippen LogP contribution >= 0.6 is 0 Å². The Morgan fingerprint density at radius 3 is 2.89 bits per heavy atom. The number of hydrogen-bond donors (Lipinski definition) is 1. The first kappa shape index (κ1) is 13.2. The van der Waals surface area contributed by atoms with E-state index in [-0.39, 0.29) is 0 Å². The van der Waals surface area contributed by atoms with Gasteiger partial charge in [0.1, 0.15) is 12.1 Å². The van der Waals surface area contributed by atoms with Crippen molar-refractivity contribution < 1.29 is 9.15 Å². The molecule has 0 spiro atoms. The molecule has 0 radical (unpaired) electrons. The molecule has 6 heteroatoms. The van der Waals surface area contributed by atoms with E-state index >= 15 is 0 Å². The molecule has 0 bridgehead atoms. The molecule has 1 N–H and O–H groups in total. The summed E-state index contributed by atoms with van der Waals surface area (Å²) in [6.07, 6.45) is 3.18. The summed E-state index contributed by atoms with van der Waals surface area (Å²) in [5, 5.41) is 3.15. The summed E-state index contributed by atoms with van der Waals surface area (Å²) in [6, 6.07) is 3.79. The molecule has 2 aromatic rings. The first-order chi connectivity index (χ1) is 9.26. The van der Waals surface area contributed by atoms with Crippen LogP contribution in [0.15, 0.2) is 29.1 Å². The van der Waals surface area contributed by atoms with E-state index in [1.54, 1.807) is 13.4 Å². The Hall–Kier alpha value is -2.24. The predicted octanol–water partition coefficient (Wildman–Crippen LogP) is 2.15. The van der Waals surface area contributed by atoms with Gasteiger partial charge in [-0.2, -0.15) is 0 Å². The molecule has 2 aromatic heterocycles. The average Bonchev–Trinajstić information content (AvgIpc) is 2.91. The molecule has 2 rings (SSSR count). The van der Waals surface area contributed by atoms with Gasteiger partial charge in [0.2, 0.25) is 5.75 Å². The zero-order valence-corrected chi connectivity index (χ0v) is 11.4. The summed E-state index contributed by atoms with van der Waals surface area (Å²) < 4.78 is 10.7. The Kier molecular flexibility index (Phi) is 4.22. The number of methoxy groups -OCH3 is 1. The van der Waals surface area contributed by atoms with Crippen LogP contribution in [0.5, 0.6) is 5.75 Å². The highest BCUT2D eigenvalue weighted by molar-refractivity contribution is 5.64. The fourth-order valence-corrected chi connectivity index (χ4v) is 1.83. The third-order valence-electron chi connectivity index (χ3n) is 2.67. The monoisotopic (exact) mass is 262 g/mol. The van der Waals surface area contributed by atoms with Crippen LogP contribution in [-0.4, -0.2) is 30.7 Å². The fraction of sp³-hybridized carbons (Fsp3) is 0.385. The van der Waals surface area contributed by atoms with E-state index in [0.29, 0.717) is 18.1 Å². The second-order valence-electron chi connectivity index (χ2n) is 4.04. The minimum absolute atomic E-state index is 0.617. The van der Waals surface area contributed by atoms with Gasteiger partial charge in [0.25, 0.3) is 0 Å². The number of anilines is 2. The van der Waals surface area contributed by atoms with Gasteiger partial charge in [0.15, 0.2) is 11.6 Å². The number of hydrogen-bond acceptors (Lipinski definition) is 6. The van der Waals surface area contributed by atoms with Crippen LogP contribution in [0.2, 0.25) is 0 Å². The Morgan fingerprint density at radius 2 is 2.26 bits per heavy atom. The predicted molar refractivity (Wildman–Crippen MR) is 73.6 cm³/mol. The molecular formula is C13H18N4O2. The maximum absolute atomic E-state index is 5.41. The van der Waals surface area contributed by atoms with Crippen molar-refractivity contribution in [3.8, 4) is 5.75 Å². The van der Waals surface area contributed by atoms with E-state index < -0.39 is 0 Å². The summed E-state index contributed by atoms with van der Waals surface area (Å²) in [5.41, 5.74) is 0. The van der Waals surface area contributed by atoms with Crippen molar-refractivity contribution in [2.75, 3.05) is 30.9 Å². The van der Waals surface area contributed by atoms with Gasteiger partial charge >= 0.3 is 0 Å². The molecular weight excluding hydrogens is 244 g/mol. The molecule has 0 aromatic carbocycles. The zero-order valence-electron chi connectivity index (χ0n) is 11.4. The van der Waals surface area contributed by atoms with Gasteiger partial charge in [-0.25, -0.2) is 9.97 Å². The van der Waals surface area contributed by atoms with Gasteiger partial charge in [-0.15, -0.1) is 0 Å². The van der Waals surface area contributed by atoms with Gasteiger partial charge in [-0.3, -0.25) is 0 Å². The lowest BCUT2D eigenvalue weighted by Crippen LogP contribution is -2.19. The second-order valence-corrected chi connectivity index (χ2v) is 4.04. The van der Waals surface area contributed by atoms with Crippen LogP contribution in [0, 0.1) is 0 Å². The first-order valence-corrected chi connectivity index (χ1v) is 6.12. The van der Waals surface area contributed by atoms with E-state index in [1.165, 1.54) is 6.33 Å². The maximum Gasteiger partial charge on any atom is 0.204 e. The quantitative estimate of drug-likeness (QED) is 0.860. The summed E-state index contributed by atoms with van der Waals surface area (Å²) >= 11 is 0. The average molecular weight is 262 g/mol. The molecule has 0 fully saturated rings. The molecule has 102 valence electrons. The highest BCUT2D eigenvalue weighted by Crippen LogP contribution is 2.31. The standard InChI is InChI=1S/C13H18N4O2/c1-4-14-12-11(18-3)13(16-9-15-12)17(2)8-10-6-5-7-19-10/h5-7,9H,4,8H2,1-3H3,(H,14,15,16). The molecule has 0 aliphatic heterocycles. The van der Waals surface area contributed by atoms with Crippen molar-refractivity contribution in [1.82, 2.24) is 9.97 Å². The molecule has 0 amide bonds. The number of nitrogens with one attached hydrogen (secondary N) is 1. The topological polar surface area (TPSA) is 63.4 Å². The molecule has 6 nitrogen and oxygen atoms in total. The van der Waals surface area contributed by atoms with Crippen LogP contribution in [0.1, 0.15) is 12.7 Å². The maximum atomic E-state index is 5.41. The smallest absolute Gasteiger partial charge is 0.204 e. The lowest BCUT2D eigenvalue weighted by Gasteiger charge is -2.20. The van der Waals surface area contributed by atoms with Crippen molar-refractivity contribution in [3.05, 3.63) is 30.5 Å². The molecule has 19 heavy (non-hydrogen) atoms. The second kappa shape index (κ2) is 6.08. The van der Waals surface area contributed by atoms with Gasteiger partial charge in [-0.1, -0.05) is 0 Å². The van der Waals surface area contributed by atoms with Crippen LogP contribution in [0.4, 0.5) is 11.6 Å². The van der Waals surface area contributed by atoms with Crippen LogP contribution in [0.3, 0.4) is 0 Å². The van der Waals surface area contributed by atoms with Crippen LogP contribution in [-0.2, 0) is 6.54 Å². The summed E-state index contributed by atoms with van der Waals surface area (Å²) in [4.78, 5) is 10.4. The molecule has 0 aliphatic rings. The molecule has 2 heterocycles. The van der Waals surface area contributed by atoms with E-state index in [4.69, 9.17) is 9.15 Å². The van der Waals surface area contributed by atoms with Crippen molar-refractivity contribution >= 4 is 11.6 Å². The SMILES string of the molecule is CCNc1ncnc(N(C)Cc2ccco2)c1OC. The minimum Gasteiger partial charge on any atom is -0.490 e. The van der Waals surface area contributed by atoms with Gasteiger partial charge < -0.3 is 19.4 Å². The van der Waals surface area contributed by atoms with E-state index in [9.17, 15) is 0 Å². The number of aromatic nitrogens is 2. The molecule has 0 unspecified atom stereocenters. The summed E-state index contributed by atoms with van der Waals surface area (Å²) in [6.45, 7) is 3.40. The van der Waals surface area contributed by atoms with E-state index in [0.717, 1.165) is 18.1 Å². The lowest BCUT2D eigenvalue weighted by atomic mass is 10.3. The highest BCUT2D eigenvalue weighted by atomic mass is 16.5. The summed E-state index contributed by atoms with van der Waals surface area (Å²) in [5.74, 6) is 2.93. The number of ether oxygens (including phenoxy) is 1. The van der Waals surface area contributed by atoms with Crippen molar-refractivity contribution in [2.45, 2.75) is 13.5 Å². The number of rotatable bonds is 6. The molecule has 0 atom stereocenters.